The Balaban J connectivity index is 2.35. The van der Waals surface area contributed by atoms with Crippen LogP contribution < -0.4 is 11.5 Å². The maximum absolute atomic E-state index is 5.79. The molecule has 0 bridgehead atoms. The maximum Gasteiger partial charge on any atom is 0.161 e. The molecule has 0 saturated heterocycles. The molecule has 2 rings (SSSR count). The Hall–Kier alpha value is -1.94. The standard InChI is InChI=1S/C13H16N4/c1-2-9-3-5-10(6-4-9)13-16-8-11(7-14)12(15)17-13/h3-6,8H,2,7,14H2,1H3,(H2,15,16,17). The van der Waals surface area contributed by atoms with Crippen LogP contribution in [0.4, 0.5) is 5.82 Å². The fraction of sp³-hybridized carbons (Fsp3) is 0.231. The lowest BCUT2D eigenvalue weighted by Crippen LogP contribution is -2.05. The molecular weight excluding hydrogens is 212 g/mol. The molecule has 0 fully saturated rings. The lowest BCUT2D eigenvalue weighted by molar-refractivity contribution is 1.02. The van der Waals surface area contributed by atoms with E-state index < -0.39 is 0 Å². The van der Waals surface area contributed by atoms with Crippen LogP contribution in [0.2, 0.25) is 0 Å². The van der Waals surface area contributed by atoms with Crippen LogP contribution in [-0.4, -0.2) is 9.97 Å². The molecule has 1 heterocycles. The SMILES string of the molecule is CCc1ccc(-c2ncc(CN)c(N)n2)cc1. The number of hydrogen-bond donors (Lipinski definition) is 2. The van der Waals surface area contributed by atoms with Gasteiger partial charge in [-0.3, -0.25) is 0 Å². The Kier molecular flexibility index (Phi) is 3.35. The number of aryl methyl sites for hydroxylation is 1. The van der Waals surface area contributed by atoms with Crippen LogP contribution in [0.25, 0.3) is 11.4 Å². The third-order valence-corrected chi connectivity index (χ3v) is 2.74. The number of nitrogens with two attached hydrogens (primary N) is 2. The molecule has 88 valence electrons. The number of benzene rings is 1. The number of nitrogens with zero attached hydrogens (tertiary/aromatic N) is 2. The zero-order valence-electron chi connectivity index (χ0n) is 9.85. The van der Waals surface area contributed by atoms with Crippen molar-refractivity contribution in [3.05, 3.63) is 41.6 Å². The molecule has 0 aliphatic rings. The van der Waals surface area contributed by atoms with Crippen LogP contribution in [0, 0.1) is 0 Å². The zero-order chi connectivity index (χ0) is 12.3. The first-order chi connectivity index (χ1) is 8.24. The molecular formula is C13H16N4. The van der Waals surface area contributed by atoms with E-state index in [4.69, 9.17) is 11.5 Å². The molecule has 0 saturated carbocycles. The highest BCUT2D eigenvalue weighted by Gasteiger charge is 2.04. The van der Waals surface area contributed by atoms with Crippen molar-refractivity contribution in [3.63, 3.8) is 0 Å². The molecule has 1 aromatic heterocycles. The van der Waals surface area contributed by atoms with Crippen molar-refractivity contribution in [1.82, 2.24) is 9.97 Å². The molecule has 0 aliphatic carbocycles. The van der Waals surface area contributed by atoms with Crippen LogP contribution in [0.3, 0.4) is 0 Å². The Morgan fingerprint density at radius 3 is 2.41 bits per heavy atom. The Bertz CT molecular complexity index is 505. The van der Waals surface area contributed by atoms with Crippen molar-refractivity contribution in [3.8, 4) is 11.4 Å². The first kappa shape index (κ1) is 11.5. The fourth-order valence-electron chi connectivity index (χ4n) is 1.61. The largest absolute Gasteiger partial charge is 0.383 e. The van der Waals surface area contributed by atoms with Gasteiger partial charge in [-0.05, 0) is 12.0 Å². The van der Waals surface area contributed by atoms with Gasteiger partial charge in [-0.2, -0.15) is 0 Å². The van der Waals surface area contributed by atoms with Gasteiger partial charge < -0.3 is 11.5 Å². The average Bonchev–Trinajstić information content (AvgIpc) is 2.39. The van der Waals surface area contributed by atoms with Gasteiger partial charge in [0.1, 0.15) is 5.82 Å². The van der Waals surface area contributed by atoms with Crippen molar-refractivity contribution >= 4 is 5.82 Å². The summed E-state index contributed by atoms with van der Waals surface area (Å²) < 4.78 is 0. The summed E-state index contributed by atoms with van der Waals surface area (Å²) in [7, 11) is 0. The van der Waals surface area contributed by atoms with Gasteiger partial charge in [-0.25, -0.2) is 9.97 Å². The van der Waals surface area contributed by atoms with Crippen LogP contribution in [-0.2, 0) is 13.0 Å². The molecule has 0 atom stereocenters. The summed E-state index contributed by atoms with van der Waals surface area (Å²) in [5, 5.41) is 0. The Morgan fingerprint density at radius 1 is 1.18 bits per heavy atom. The average molecular weight is 228 g/mol. The minimum atomic E-state index is 0.362. The van der Waals surface area contributed by atoms with E-state index in [9.17, 15) is 0 Å². The topological polar surface area (TPSA) is 77.8 Å². The van der Waals surface area contributed by atoms with Crippen molar-refractivity contribution in [2.45, 2.75) is 19.9 Å². The summed E-state index contributed by atoms with van der Waals surface area (Å²) >= 11 is 0. The minimum Gasteiger partial charge on any atom is -0.383 e. The number of rotatable bonds is 3. The van der Waals surface area contributed by atoms with E-state index in [2.05, 4.69) is 29.0 Å². The number of nitrogen functional groups attached to an aromatic ring is 1. The fourth-order valence-corrected chi connectivity index (χ4v) is 1.61. The summed E-state index contributed by atoms with van der Waals surface area (Å²) in [6, 6.07) is 8.17. The van der Waals surface area contributed by atoms with Crippen molar-refractivity contribution in [2.75, 3.05) is 5.73 Å². The molecule has 0 amide bonds. The molecule has 4 heteroatoms. The van der Waals surface area contributed by atoms with Crippen molar-refractivity contribution < 1.29 is 0 Å². The smallest absolute Gasteiger partial charge is 0.161 e. The summed E-state index contributed by atoms with van der Waals surface area (Å²) in [4.78, 5) is 8.52. The molecule has 17 heavy (non-hydrogen) atoms. The van der Waals surface area contributed by atoms with E-state index in [1.165, 1.54) is 5.56 Å². The molecule has 1 aromatic carbocycles. The summed E-state index contributed by atoms with van der Waals surface area (Å²) in [5.74, 6) is 1.10. The molecule has 0 unspecified atom stereocenters. The van der Waals surface area contributed by atoms with Crippen molar-refractivity contribution in [2.24, 2.45) is 5.73 Å². The van der Waals surface area contributed by atoms with Gasteiger partial charge in [0.15, 0.2) is 5.82 Å². The number of aromatic nitrogens is 2. The van der Waals surface area contributed by atoms with Gasteiger partial charge in [0.05, 0.1) is 0 Å². The molecule has 0 aliphatic heterocycles. The maximum atomic E-state index is 5.79. The van der Waals surface area contributed by atoms with Crippen LogP contribution in [0.15, 0.2) is 30.5 Å². The Morgan fingerprint density at radius 2 is 1.88 bits per heavy atom. The van der Waals surface area contributed by atoms with E-state index in [0.29, 0.717) is 18.2 Å². The van der Waals surface area contributed by atoms with E-state index >= 15 is 0 Å². The summed E-state index contributed by atoms with van der Waals surface area (Å²) in [6.07, 6.45) is 2.71. The molecule has 2 aromatic rings. The predicted octanol–water partition coefficient (Wildman–Crippen LogP) is 1.75. The number of hydrogen-bond acceptors (Lipinski definition) is 4. The second kappa shape index (κ2) is 4.93. The Labute approximate surface area is 101 Å². The highest BCUT2D eigenvalue weighted by molar-refractivity contribution is 5.57. The quantitative estimate of drug-likeness (QED) is 0.839. The molecule has 0 spiro atoms. The van der Waals surface area contributed by atoms with Crippen molar-refractivity contribution in [1.29, 1.82) is 0 Å². The lowest BCUT2D eigenvalue weighted by Gasteiger charge is -2.05. The normalized spacial score (nSPS) is 10.5. The van der Waals surface area contributed by atoms with Gasteiger partial charge in [0.2, 0.25) is 0 Å². The first-order valence-corrected chi connectivity index (χ1v) is 5.65. The second-order valence-corrected chi connectivity index (χ2v) is 3.86. The minimum absolute atomic E-state index is 0.362. The first-order valence-electron chi connectivity index (χ1n) is 5.65. The van der Waals surface area contributed by atoms with Crippen LogP contribution in [0.1, 0.15) is 18.1 Å². The third-order valence-electron chi connectivity index (χ3n) is 2.74. The van der Waals surface area contributed by atoms with E-state index in [1.54, 1.807) is 6.20 Å². The van der Waals surface area contributed by atoms with Gasteiger partial charge in [-0.1, -0.05) is 31.2 Å². The van der Waals surface area contributed by atoms with Gasteiger partial charge >= 0.3 is 0 Å². The number of anilines is 1. The second-order valence-electron chi connectivity index (χ2n) is 3.86. The van der Waals surface area contributed by atoms with E-state index in [-0.39, 0.29) is 0 Å². The summed E-state index contributed by atoms with van der Waals surface area (Å²) in [6.45, 7) is 2.49. The molecule has 4 N–H and O–H groups in total. The highest BCUT2D eigenvalue weighted by atomic mass is 14.9. The van der Waals surface area contributed by atoms with Gasteiger partial charge in [0.25, 0.3) is 0 Å². The van der Waals surface area contributed by atoms with Crippen LogP contribution >= 0.6 is 0 Å². The van der Waals surface area contributed by atoms with Gasteiger partial charge in [-0.15, -0.1) is 0 Å². The van der Waals surface area contributed by atoms with E-state index in [1.807, 2.05) is 12.1 Å². The van der Waals surface area contributed by atoms with E-state index in [0.717, 1.165) is 17.5 Å². The third kappa shape index (κ3) is 2.42. The summed E-state index contributed by atoms with van der Waals surface area (Å²) in [5.41, 5.74) is 14.4. The lowest BCUT2D eigenvalue weighted by atomic mass is 10.1. The monoisotopic (exact) mass is 228 g/mol. The molecule has 4 nitrogen and oxygen atoms in total. The molecule has 0 radical (unpaired) electrons. The van der Waals surface area contributed by atoms with Gasteiger partial charge in [0, 0.05) is 23.9 Å². The zero-order valence-corrected chi connectivity index (χ0v) is 9.85. The highest BCUT2D eigenvalue weighted by Crippen LogP contribution is 2.18. The predicted molar refractivity (Wildman–Crippen MR) is 69.1 cm³/mol. The van der Waals surface area contributed by atoms with Crippen LogP contribution in [0.5, 0.6) is 0 Å².